The highest BCUT2D eigenvalue weighted by molar-refractivity contribution is 6.30. The predicted molar refractivity (Wildman–Crippen MR) is 134 cm³/mol. The first-order chi connectivity index (χ1) is 16.8. The lowest BCUT2D eigenvalue weighted by Crippen LogP contribution is -2.51. The summed E-state index contributed by atoms with van der Waals surface area (Å²) < 4.78 is 1.83. The van der Waals surface area contributed by atoms with Gasteiger partial charge in [-0.2, -0.15) is 5.10 Å². The molecule has 10 heteroatoms. The van der Waals surface area contributed by atoms with E-state index in [2.05, 4.69) is 20.0 Å². The predicted octanol–water partition coefficient (Wildman–Crippen LogP) is 2.94. The van der Waals surface area contributed by atoms with E-state index < -0.39 is 0 Å². The molecule has 2 aliphatic rings. The Hall–Kier alpha value is -3.46. The van der Waals surface area contributed by atoms with Gasteiger partial charge < -0.3 is 14.7 Å². The first-order valence-electron chi connectivity index (χ1n) is 11.8. The summed E-state index contributed by atoms with van der Waals surface area (Å²) in [4.78, 5) is 40.7. The second-order valence-corrected chi connectivity index (χ2v) is 9.60. The van der Waals surface area contributed by atoms with Gasteiger partial charge in [0.25, 0.3) is 0 Å². The number of hydrogen-bond donors (Lipinski definition) is 0. The number of benzene rings is 1. The van der Waals surface area contributed by atoms with Crippen LogP contribution in [0.3, 0.4) is 0 Å². The van der Waals surface area contributed by atoms with Crippen LogP contribution in [-0.2, 0) is 9.59 Å². The Bertz CT molecular complexity index is 1270. The van der Waals surface area contributed by atoms with Gasteiger partial charge in [0.1, 0.15) is 11.6 Å². The molecule has 9 nitrogen and oxygen atoms in total. The number of amides is 2. The van der Waals surface area contributed by atoms with E-state index in [4.69, 9.17) is 11.6 Å². The molecule has 1 aromatic carbocycles. The van der Waals surface area contributed by atoms with E-state index in [0.717, 1.165) is 28.7 Å². The zero-order valence-electron chi connectivity index (χ0n) is 20.1. The fourth-order valence-corrected chi connectivity index (χ4v) is 4.95. The van der Waals surface area contributed by atoms with E-state index in [-0.39, 0.29) is 24.2 Å². The molecular weight excluding hydrogens is 466 g/mol. The van der Waals surface area contributed by atoms with Crippen molar-refractivity contribution < 1.29 is 9.59 Å². The normalized spacial score (nSPS) is 18.5. The number of halogens is 1. The van der Waals surface area contributed by atoms with Crippen LogP contribution < -0.4 is 9.80 Å². The summed E-state index contributed by atoms with van der Waals surface area (Å²) in [5.74, 6) is 1.92. The van der Waals surface area contributed by atoms with Crippen molar-refractivity contribution in [3.63, 3.8) is 0 Å². The van der Waals surface area contributed by atoms with Crippen molar-refractivity contribution >= 4 is 34.9 Å². The van der Waals surface area contributed by atoms with Crippen molar-refractivity contribution in [1.82, 2.24) is 24.6 Å². The number of hydrogen-bond acceptors (Lipinski definition) is 6. The highest BCUT2D eigenvalue weighted by Gasteiger charge is 2.38. The highest BCUT2D eigenvalue weighted by atomic mass is 35.5. The minimum atomic E-state index is -0.330. The number of anilines is 2. The lowest BCUT2D eigenvalue weighted by molar-refractivity contribution is -0.136. The Kier molecular flexibility index (Phi) is 6.19. The van der Waals surface area contributed by atoms with Crippen molar-refractivity contribution in [3.8, 4) is 5.82 Å². The Labute approximate surface area is 209 Å². The maximum atomic E-state index is 13.2. The Balaban J connectivity index is 1.24. The van der Waals surface area contributed by atoms with Crippen LogP contribution in [0.25, 0.3) is 5.82 Å². The quantitative estimate of drug-likeness (QED) is 0.555. The van der Waals surface area contributed by atoms with Gasteiger partial charge in [0.05, 0.1) is 11.6 Å². The molecule has 1 atom stereocenters. The summed E-state index contributed by atoms with van der Waals surface area (Å²) in [6.07, 6.45) is 0.235. The summed E-state index contributed by atoms with van der Waals surface area (Å²) in [5.41, 5.74) is 2.73. The number of aromatic nitrogens is 4. The van der Waals surface area contributed by atoms with E-state index in [1.807, 2.05) is 54.6 Å². The minimum absolute atomic E-state index is 0.0301. The number of carbonyl (C=O) groups is 2. The molecule has 0 aliphatic carbocycles. The van der Waals surface area contributed by atoms with Gasteiger partial charge in [-0.25, -0.2) is 14.6 Å². The second kappa shape index (κ2) is 9.30. The molecule has 182 valence electrons. The average molecular weight is 494 g/mol. The van der Waals surface area contributed by atoms with Crippen LogP contribution in [0, 0.1) is 26.7 Å². The summed E-state index contributed by atoms with van der Waals surface area (Å²) in [5, 5.41) is 5.16. The molecular formula is C25H28ClN7O2. The molecule has 2 saturated heterocycles. The van der Waals surface area contributed by atoms with Gasteiger partial charge in [-0.05, 0) is 51.1 Å². The molecule has 2 aliphatic heterocycles. The van der Waals surface area contributed by atoms with Crippen molar-refractivity contribution in [2.75, 3.05) is 42.5 Å². The first-order valence-corrected chi connectivity index (χ1v) is 12.2. The smallest absolute Gasteiger partial charge is 0.228 e. The lowest BCUT2D eigenvalue weighted by Gasteiger charge is -2.36. The number of piperazine rings is 1. The molecule has 4 heterocycles. The van der Waals surface area contributed by atoms with Gasteiger partial charge in [0.2, 0.25) is 11.8 Å². The highest BCUT2D eigenvalue weighted by Crippen LogP contribution is 2.28. The monoisotopic (exact) mass is 493 g/mol. The van der Waals surface area contributed by atoms with Crippen LogP contribution in [-0.4, -0.2) is 69.2 Å². The second-order valence-electron chi connectivity index (χ2n) is 9.16. The molecule has 5 rings (SSSR count). The van der Waals surface area contributed by atoms with Crippen molar-refractivity contribution in [3.05, 3.63) is 58.6 Å². The maximum Gasteiger partial charge on any atom is 0.228 e. The summed E-state index contributed by atoms with van der Waals surface area (Å²) in [6.45, 7) is 8.75. The molecule has 3 aromatic rings. The molecule has 0 N–H and O–H groups in total. The molecule has 0 saturated carbocycles. The van der Waals surface area contributed by atoms with Gasteiger partial charge in [-0.1, -0.05) is 11.6 Å². The van der Waals surface area contributed by atoms with Crippen molar-refractivity contribution in [2.24, 2.45) is 5.92 Å². The largest absolute Gasteiger partial charge is 0.353 e. The van der Waals surface area contributed by atoms with Gasteiger partial charge >= 0.3 is 0 Å². The third kappa shape index (κ3) is 4.73. The zero-order chi connectivity index (χ0) is 24.7. The number of rotatable bonds is 4. The summed E-state index contributed by atoms with van der Waals surface area (Å²) in [7, 11) is 0. The van der Waals surface area contributed by atoms with Gasteiger partial charge in [0, 0.05) is 61.6 Å². The molecule has 0 spiro atoms. The minimum Gasteiger partial charge on any atom is -0.353 e. The molecule has 0 radical (unpaired) electrons. The van der Waals surface area contributed by atoms with E-state index >= 15 is 0 Å². The molecule has 2 aromatic heterocycles. The topological polar surface area (TPSA) is 87.5 Å². The van der Waals surface area contributed by atoms with Crippen LogP contribution >= 0.6 is 11.6 Å². The molecule has 35 heavy (non-hydrogen) atoms. The van der Waals surface area contributed by atoms with E-state index in [9.17, 15) is 9.59 Å². The fraction of sp³-hybridized carbons (Fsp3) is 0.400. The molecule has 1 unspecified atom stereocenters. The average Bonchev–Trinajstić information content (AvgIpc) is 3.40. The fourth-order valence-electron chi connectivity index (χ4n) is 4.83. The molecule has 2 amide bonds. The Morgan fingerprint density at radius 3 is 2.31 bits per heavy atom. The van der Waals surface area contributed by atoms with E-state index in [1.165, 1.54) is 0 Å². The van der Waals surface area contributed by atoms with Gasteiger partial charge in [0.15, 0.2) is 5.82 Å². The van der Waals surface area contributed by atoms with E-state index in [1.54, 1.807) is 17.0 Å². The van der Waals surface area contributed by atoms with Gasteiger partial charge in [-0.3, -0.25) is 9.59 Å². The van der Waals surface area contributed by atoms with Crippen molar-refractivity contribution in [1.29, 1.82) is 0 Å². The summed E-state index contributed by atoms with van der Waals surface area (Å²) >= 11 is 5.97. The molecule has 0 bridgehead atoms. The zero-order valence-corrected chi connectivity index (χ0v) is 20.9. The lowest BCUT2D eigenvalue weighted by atomic mass is 10.1. The van der Waals surface area contributed by atoms with E-state index in [0.29, 0.717) is 43.6 Å². The first kappa shape index (κ1) is 23.3. The van der Waals surface area contributed by atoms with Crippen LogP contribution in [0.5, 0.6) is 0 Å². The third-order valence-corrected chi connectivity index (χ3v) is 6.82. The van der Waals surface area contributed by atoms with Crippen LogP contribution in [0.4, 0.5) is 11.5 Å². The van der Waals surface area contributed by atoms with Crippen LogP contribution in [0.1, 0.15) is 23.6 Å². The molecule has 2 fully saturated rings. The van der Waals surface area contributed by atoms with Crippen LogP contribution in [0.2, 0.25) is 5.02 Å². The van der Waals surface area contributed by atoms with Crippen LogP contribution in [0.15, 0.2) is 36.4 Å². The van der Waals surface area contributed by atoms with Gasteiger partial charge in [-0.15, -0.1) is 0 Å². The third-order valence-electron chi connectivity index (χ3n) is 6.57. The summed E-state index contributed by atoms with van der Waals surface area (Å²) in [6, 6.07) is 11.1. The Morgan fingerprint density at radius 2 is 1.66 bits per heavy atom. The van der Waals surface area contributed by atoms with Crippen molar-refractivity contribution in [2.45, 2.75) is 27.2 Å². The Morgan fingerprint density at radius 1 is 0.971 bits per heavy atom. The number of nitrogens with zero attached hydrogens (tertiary/aromatic N) is 7. The standard InChI is InChI=1S/C25H28ClN7O2/c1-16-12-17(2)33(29-16)23-14-22(27-18(3)28-23)30-8-10-31(11-9-30)25(35)19-13-24(34)32(15-19)21-6-4-20(26)5-7-21/h4-7,12,14,19H,8-11,13,15H2,1-3H3. The SMILES string of the molecule is Cc1cc(C)n(-c2cc(N3CCN(C(=O)C4CC(=O)N(c5ccc(Cl)cc5)C4)CC3)nc(C)n2)n1. The number of carbonyl (C=O) groups excluding carboxylic acids is 2. The maximum absolute atomic E-state index is 13.2. The number of aryl methyl sites for hydroxylation is 3.